The van der Waals surface area contributed by atoms with Crippen LogP contribution in [0.1, 0.15) is 53.9 Å². The van der Waals surface area contributed by atoms with E-state index in [0.29, 0.717) is 6.10 Å². The lowest BCUT2D eigenvalue weighted by Crippen LogP contribution is -2.48. The number of hydrogen-bond acceptors (Lipinski definition) is 2. The Morgan fingerprint density at radius 3 is 2.29 bits per heavy atom. The van der Waals surface area contributed by atoms with E-state index in [4.69, 9.17) is 4.74 Å². The molecule has 21 heavy (non-hydrogen) atoms. The fraction of sp³-hybridized carbons (Fsp3) is 0.938. The van der Waals surface area contributed by atoms with E-state index in [0.717, 1.165) is 44.4 Å². The minimum Gasteiger partial charge on any atom is -0.372 e. The second-order valence-electron chi connectivity index (χ2n) is 7.07. The molecule has 1 heterocycles. The Balaban J connectivity index is 0.00000400. The van der Waals surface area contributed by atoms with E-state index in [1.165, 1.54) is 6.42 Å². The van der Waals surface area contributed by atoms with Gasteiger partial charge in [0.2, 0.25) is 0 Å². The number of piperidine rings is 1. The van der Waals surface area contributed by atoms with Gasteiger partial charge in [0.1, 0.15) is 0 Å². The topological polar surface area (TPSA) is 36.9 Å². The van der Waals surface area contributed by atoms with Crippen molar-refractivity contribution in [1.29, 1.82) is 0 Å². The lowest BCUT2D eigenvalue weighted by atomic mass is 10.1. The highest BCUT2D eigenvalue weighted by molar-refractivity contribution is 14.0. The molecule has 4 nitrogen and oxygen atoms in total. The molecule has 0 aromatic carbocycles. The highest BCUT2D eigenvalue weighted by Crippen LogP contribution is 2.20. The van der Waals surface area contributed by atoms with Gasteiger partial charge in [0.15, 0.2) is 5.96 Å². The van der Waals surface area contributed by atoms with Crippen molar-refractivity contribution in [3.63, 3.8) is 0 Å². The minimum atomic E-state index is -0.0377. The second-order valence-corrected chi connectivity index (χ2v) is 7.07. The minimum absolute atomic E-state index is 0. The van der Waals surface area contributed by atoms with Gasteiger partial charge in [-0.1, -0.05) is 13.8 Å². The Labute approximate surface area is 148 Å². The van der Waals surface area contributed by atoms with Gasteiger partial charge < -0.3 is 15.0 Å². The monoisotopic (exact) mass is 411 g/mol. The van der Waals surface area contributed by atoms with E-state index in [1.807, 2.05) is 7.05 Å². The summed E-state index contributed by atoms with van der Waals surface area (Å²) in [6.07, 6.45) is 3.74. The van der Waals surface area contributed by atoms with Crippen LogP contribution in [0.2, 0.25) is 0 Å². The number of halogens is 1. The third-order valence-electron chi connectivity index (χ3n) is 3.48. The zero-order valence-electron chi connectivity index (χ0n) is 14.6. The van der Waals surface area contributed by atoms with Gasteiger partial charge in [0.25, 0.3) is 0 Å². The predicted octanol–water partition coefficient (Wildman–Crippen LogP) is 3.51. The first-order valence-corrected chi connectivity index (χ1v) is 7.95. The predicted molar refractivity (Wildman–Crippen MR) is 102 cm³/mol. The molecule has 1 aliphatic rings. The van der Waals surface area contributed by atoms with Gasteiger partial charge in [-0.15, -0.1) is 24.0 Å². The van der Waals surface area contributed by atoms with Crippen molar-refractivity contribution >= 4 is 29.9 Å². The van der Waals surface area contributed by atoms with Crippen LogP contribution in [0.15, 0.2) is 4.99 Å². The number of nitrogens with one attached hydrogen (secondary N) is 1. The molecule has 0 amide bonds. The second kappa shape index (κ2) is 9.87. The summed E-state index contributed by atoms with van der Waals surface area (Å²) in [6.45, 7) is 14.0. The van der Waals surface area contributed by atoms with E-state index in [2.05, 4.69) is 49.8 Å². The Morgan fingerprint density at radius 1 is 1.29 bits per heavy atom. The molecule has 1 fully saturated rings. The van der Waals surface area contributed by atoms with Crippen LogP contribution in [0.3, 0.4) is 0 Å². The molecule has 1 N–H and O–H groups in total. The first-order chi connectivity index (χ1) is 9.31. The van der Waals surface area contributed by atoms with Gasteiger partial charge in [-0.05, 0) is 46.0 Å². The summed E-state index contributed by atoms with van der Waals surface area (Å²) in [6, 6.07) is 0. The van der Waals surface area contributed by atoms with Crippen molar-refractivity contribution in [2.75, 3.05) is 26.7 Å². The molecule has 0 bridgehead atoms. The number of ether oxygens (including phenoxy) is 1. The average Bonchev–Trinajstić information content (AvgIpc) is 2.34. The molecule has 0 saturated carbocycles. The molecular weight excluding hydrogens is 377 g/mol. The van der Waals surface area contributed by atoms with Gasteiger partial charge in [-0.25, -0.2) is 0 Å². The van der Waals surface area contributed by atoms with E-state index in [-0.39, 0.29) is 29.6 Å². The van der Waals surface area contributed by atoms with Crippen molar-refractivity contribution in [3.8, 4) is 0 Å². The zero-order valence-corrected chi connectivity index (χ0v) is 16.9. The number of likely N-dealkylation sites (tertiary alicyclic amines) is 1. The third kappa shape index (κ3) is 8.86. The first-order valence-electron chi connectivity index (χ1n) is 7.95. The average molecular weight is 411 g/mol. The summed E-state index contributed by atoms with van der Waals surface area (Å²) < 4.78 is 6.07. The van der Waals surface area contributed by atoms with Crippen molar-refractivity contribution in [2.24, 2.45) is 10.9 Å². The van der Waals surface area contributed by atoms with Crippen LogP contribution in [-0.2, 0) is 4.74 Å². The summed E-state index contributed by atoms with van der Waals surface area (Å²) >= 11 is 0. The normalized spacial score (nSPS) is 17.9. The zero-order chi connectivity index (χ0) is 15.2. The molecule has 1 saturated heterocycles. The van der Waals surface area contributed by atoms with Gasteiger partial charge in [-0.2, -0.15) is 0 Å². The molecule has 126 valence electrons. The standard InChI is InChI=1S/C16H33N3O.HI/c1-13(2)7-10-18-15(17-6)19-11-8-14(9-12-19)20-16(3,4)5;/h13-14H,7-12H2,1-6H3,(H,17,18);1H. The molecule has 0 unspecified atom stereocenters. The maximum Gasteiger partial charge on any atom is 0.193 e. The fourth-order valence-corrected chi connectivity index (χ4v) is 2.49. The van der Waals surface area contributed by atoms with Crippen molar-refractivity contribution in [3.05, 3.63) is 0 Å². The summed E-state index contributed by atoms with van der Waals surface area (Å²) in [5.74, 6) is 1.77. The lowest BCUT2D eigenvalue weighted by molar-refractivity contribution is -0.0772. The summed E-state index contributed by atoms with van der Waals surface area (Å²) in [5.41, 5.74) is -0.0377. The van der Waals surface area contributed by atoms with Crippen LogP contribution in [0.25, 0.3) is 0 Å². The molecule has 5 heteroatoms. The van der Waals surface area contributed by atoms with Gasteiger partial charge in [0.05, 0.1) is 11.7 Å². The molecular formula is C16H34IN3O. The van der Waals surface area contributed by atoms with E-state index >= 15 is 0 Å². The quantitative estimate of drug-likeness (QED) is 0.437. The molecule has 0 atom stereocenters. The molecule has 0 spiro atoms. The Kier molecular flexibility index (Phi) is 9.85. The Bertz CT molecular complexity index is 305. The summed E-state index contributed by atoms with van der Waals surface area (Å²) in [5, 5.41) is 3.47. The van der Waals surface area contributed by atoms with Crippen molar-refractivity contribution < 1.29 is 4.74 Å². The van der Waals surface area contributed by atoms with E-state index in [1.54, 1.807) is 0 Å². The van der Waals surface area contributed by atoms with Crippen LogP contribution in [0.5, 0.6) is 0 Å². The van der Waals surface area contributed by atoms with Crippen LogP contribution >= 0.6 is 24.0 Å². The van der Waals surface area contributed by atoms with E-state index in [9.17, 15) is 0 Å². The fourth-order valence-electron chi connectivity index (χ4n) is 2.49. The van der Waals surface area contributed by atoms with Crippen molar-refractivity contribution in [2.45, 2.75) is 65.6 Å². The number of aliphatic imine (C=N–C) groups is 1. The number of guanidine groups is 1. The smallest absolute Gasteiger partial charge is 0.193 e. The molecule has 1 aliphatic heterocycles. The van der Waals surface area contributed by atoms with Gasteiger partial charge >= 0.3 is 0 Å². The molecule has 1 rings (SSSR count). The van der Waals surface area contributed by atoms with Crippen LogP contribution in [-0.4, -0.2) is 49.2 Å². The van der Waals surface area contributed by atoms with Crippen LogP contribution in [0.4, 0.5) is 0 Å². The highest BCUT2D eigenvalue weighted by Gasteiger charge is 2.25. The maximum absolute atomic E-state index is 6.07. The molecule has 0 radical (unpaired) electrons. The SMILES string of the molecule is CN=C(NCCC(C)C)N1CCC(OC(C)(C)C)CC1.I. The van der Waals surface area contributed by atoms with Crippen LogP contribution < -0.4 is 5.32 Å². The third-order valence-corrected chi connectivity index (χ3v) is 3.48. The summed E-state index contributed by atoms with van der Waals surface area (Å²) in [7, 11) is 1.87. The largest absolute Gasteiger partial charge is 0.372 e. The van der Waals surface area contributed by atoms with Gasteiger partial charge in [-0.3, -0.25) is 4.99 Å². The highest BCUT2D eigenvalue weighted by atomic mass is 127. The number of nitrogens with zero attached hydrogens (tertiary/aromatic N) is 2. The van der Waals surface area contributed by atoms with Crippen molar-refractivity contribution in [1.82, 2.24) is 10.2 Å². The Morgan fingerprint density at radius 2 is 1.86 bits per heavy atom. The first kappa shape index (κ1) is 21.0. The van der Waals surface area contributed by atoms with Gasteiger partial charge in [0, 0.05) is 26.7 Å². The van der Waals surface area contributed by atoms with Crippen LogP contribution in [0, 0.1) is 5.92 Å². The molecule has 0 aliphatic carbocycles. The molecule has 0 aromatic rings. The maximum atomic E-state index is 6.07. The summed E-state index contributed by atoms with van der Waals surface area (Å²) in [4.78, 5) is 6.75. The Hall–Kier alpha value is -0.0400. The number of hydrogen-bond donors (Lipinski definition) is 1. The number of rotatable bonds is 4. The molecule has 0 aromatic heterocycles. The lowest BCUT2D eigenvalue weighted by Gasteiger charge is -2.37. The van der Waals surface area contributed by atoms with E-state index < -0.39 is 0 Å².